The zero-order chi connectivity index (χ0) is 22.4. The Balaban J connectivity index is 2.05. The molecule has 0 heterocycles. The predicted molar refractivity (Wildman–Crippen MR) is 111 cm³/mol. The maximum Gasteiger partial charge on any atom is 0.246 e. The van der Waals surface area contributed by atoms with E-state index in [2.05, 4.69) is 5.32 Å². The highest BCUT2D eigenvalue weighted by Crippen LogP contribution is 2.16. The lowest BCUT2D eigenvalue weighted by molar-refractivity contribution is -0.132. The molecule has 2 rings (SSSR count). The molecule has 0 aliphatic heterocycles. The van der Waals surface area contributed by atoms with Crippen molar-refractivity contribution in [2.75, 3.05) is 5.75 Å². The summed E-state index contributed by atoms with van der Waals surface area (Å²) in [6.45, 7) is 1.10. The molecule has 0 aromatic heterocycles. The fourth-order valence-electron chi connectivity index (χ4n) is 2.68. The van der Waals surface area contributed by atoms with Crippen LogP contribution in [0.1, 0.15) is 22.8 Å². The fourth-order valence-corrected chi connectivity index (χ4v) is 3.91. The van der Waals surface area contributed by atoms with Crippen LogP contribution in [0.25, 0.3) is 0 Å². The van der Waals surface area contributed by atoms with Crippen molar-refractivity contribution in [1.82, 2.24) is 5.32 Å². The van der Waals surface area contributed by atoms with Crippen LogP contribution in [0.5, 0.6) is 0 Å². The third kappa shape index (κ3) is 5.98. The van der Waals surface area contributed by atoms with Crippen molar-refractivity contribution in [3.05, 3.63) is 78.2 Å². The van der Waals surface area contributed by atoms with Crippen LogP contribution in [0.2, 0.25) is 0 Å². The van der Waals surface area contributed by atoms with Gasteiger partial charge in [0.1, 0.15) is 11.6 Å². The smallest absolute Gasteiger partial charge is 0.246 e. The van der Waals surface area contributed by atoms with E-state index >= 15 is 0 Å². The number of hydrogen-bond donors (Lipinski definition) is 3. The summed E-state index contributed by atoms with van der Waals surface area (Å²) >= 11 is 0. The molecule has 0 saturated heterocycles. The number of hydrogen-bond acceptors (Lipinski definition) is 6. The second-order valence-electron chi connectivity index (χ2n) is 6.93. The summed E-state index contributed by atoms with van der Waals surface area (Å²) in [7, 11) is -3.65. The minimum atomic E-state index is -3.65. The maximum absolute atomic E-state index is 12.5. The van der Waals surface area contributed by atoms with Gasteiger partial charge in [0.2, 0.25) is 11.8 Å². The molecule has 159 valence electrons. The van der Waals surface area contributed by atoms with Crippen LogP contribution in [0.15, 0.2) is 60.7 Å². The zero-order valence-electron chi connectivity index (χ0n) is 16.3. The van der Waals surface area contributed by atoms with Crippen LogP contribution in [-0.4, -0.2) is 48.5 Å². The third-order valence-corrected chi connectivity index (χ3v) is 5.95. The number of aliphatic hydroxyl groups excluding tert-OH is 1. The number of nitrogens with one attached hydrogen (secondary N) is 1. The summed E-state index contributed by atoms with van der Waals surface area (Å²) in [6, 6.07) is 16.1. The van der Waals surface area contributed by atoms with Gasteiger partial charge in [0.25, 0.3) is 0 Å². The Kier molecular flexibility index (Phi) is 7.47. The average Bonchev–Trinajstić information content (AvgIpc) is 2.72. The maximum atomic E-state index is 12.5. The van der Waals surface area contributed by atoms with E-state index in [0.717, 1.165) is 13.3 Å². The van der Waals surface area contributed by atoms with Crippen molar-refractivity contribution >= 4 is 27.4 Å². The molecule has 0 aliphatic carbocycles. The van der Waals surface area contributed by atoms with E-state index in [1.165, 1.54) is 12.1 Å². The first-order valence-electron chi connectivity index (χ1n) is 9.02. The highest BCUT2D eigenvalue weighted by atomic mass is 32.2. The lowest BCUT2D eigenvalue weighted by atomic mass is 9.88. The van der Waals surface area contributed by atoms with Gasteiger partial charge in [0.15, 0.2) is 15.6 Å². The molecule has 2 amide bonds. The standard InChI is InChI=1S/C21H23N2O6S/c1-21(20(22)27,19(26)18(25)16-10-6-3-7-11-16)23-17(24)12-13-30(28,29)14-15-8-4-2-5-9-15/h2-12,19,26H,13-14H2,1H3,(H2,22,27)(H,23,24). The lowest BCUT2D eigenvalue weighted by Gasteiger charge is -2.31. The van der Waals surface area contributed by atoms with Gasteiger partial charge in [0, 0.05) is 5.56 Å². The Hall–Kier alpha value is -3.04. The van der Waals surface area contributed by atoms with Crippen molar-refractivity contribution in [3.63, 3.8) is 0 Å². The molecular weight excluding hydrogens is 408 g/mol. The van der Waals surface area contributed by atoms with E-state index in [4.69, 9.17) is 5.73 Å². The van der Waals surface area contributed by atoms with E-state index < -0.39 is 44.8 Å². The Morgan fingerprint density at radius 2 is 1.60 bits per heavy atom. The van der Waals surface area contributed by atoms with Crippen LogP contribution in [0.3, 0.4) is 0 Å². The fraction of sp³-hybridized carbons (Fsp3) is 0.238. The van der Waals surface area contributed by atoms with E-state index in [9.17, 15) is 27.9 Å². The first-order valence-corrected chi connectivity index (χ1v) is 10.8. The SMILES string of the molecule is CC(NC(=O)[CH]CS(=O)(=O)Cc1ccccc1)(C(N)=O)C(O)C(=O)c1ccccc1. The summed E-state index contributed by atoms with van der Waals surface area (Å²) in [5.74, 6) is -3.76. The second kappa shape index (κ2) is 9.64. The van der Waals surface area contributed by atoms with Gasteiger partial charge in [-0.15, -0.1) is 0 Å². The molecule has 9 heteroatoms. The second-order valence-corrected chi connectivity index (χ2v) is 9.04. The summed E-state index contributed by atoms with van der Waals surface area (Å²) < 4.78 is 24.4. The van der Waals surface area contributed by atoms with Gasteiger partial charge < -0.3 is 16.2 Å². The molecule has 0 fully saturated rings. The zero-order valence-corrected chi connectivity index (χ0v) is 17.1. The Labute approximate surface area is 175 Å². The monoisotopic (exact) mass is 431 g/mol. The van der Waals surface area contributed by atoms with Gasteiger partial charge in [-0.2, -0.15) is 0 Å². The van der Waals surface area contributed by atoms with Crippen molar-refractivity contribution in [1.29, 1.82) is 0 Å². The van der Waals surface area contributed by atoms with E-state index in [0.29, 0.717) is 5.56 Å². The van der Waals surface area contributed by atoms with E-state index in [1.807, 2.05) is 0 Å². The van der Waals surface area contributed by atoms with E-state index in [1.54, 1.807) is 48.5 Å². The Morgan fingerprint density at radius 3 is 2.13 bits per heavy atom. The molecule has 0 bridgehead atoms. The lowest BCUT2D eigenvalue weighted by Crippen LogP contribution is -2.64. The molecule has 2 aromatic rings. The van der Waals surface area contributed by atoms with Gasteiger partial charge in [-0.25, -0.2) is 8.42 Å². The summed E-state index contributed by atoms with van der Waals surface area (Å²) in [4.78, 5) is 36.7. The van der Waals surface area contributed by atoms with Crippen molar-refractivity contribution < 1.29 is 27.9 Å². The number of nitrogens with two attached hydrogens (primary N) is 1. The predicted octanol–water partition coefficient (Wildman–Crippen LogP) is 0.410. The molecule has 2 aromatic carbocycles. The third-order valence-electron chi connectivity index (χ3n) is 4.50. The molecule has 30 heavy (non-hydrogen) atoms. The highest BCUT2D eigenvalue weighted by Gasteiger charge is 2.44. The number of rotatable bonds is 10. The van der Waals surface area contributed by atoms with Crippen molar-refractivity contribution in [3.8, 4) is 0 Å². The quantitative estimate of drug-likeness (QED) is 0.465. The van der Waals surface area contributed by atoms with Gasteiger partial charge in [0.05, 0.1) is 17.9 Å². The molecule has 1 radical (unpaired) electrons. The first-order chi connectivity index (χ1) is 14.0. The number of aliphatic hydroxyl groups is 1. The molecule has 8 nitrogen and oxygen atoms in total. The van der Waals surface area contributed by atoms with Crippen LogP contribution in [-0.2, 0) is 25.2 Å². The molecule has 2 atom stereocenters. The Morgan fingerprint density at radius 1 is 1.07 bits per heavy atom. The summed E-state index contributed by atoms with van der Waals surface area (Å²) in [5, 5.41) is 12.6. The molecular formula is C21H23N2O6S. The Bertz CT molecular complexity index is 1010. The minimum Gasteiger partial charge on any atom is -0.382 e. The van der Waals surface area contributed by atoms with Gasteiger partial charge in [-0.3, -0.25) is 14.4 Å². The number of primary amides is 1. The number of sulfone groups is 1. The normalized spacial score (nSPS) is 14.3. The number of amides is 2. The molecule has 0 saturated carbocycles. The largest absolute Gasteiger partial charge is 0.382 e. The van der Waals surface area contributed by atoms with Crippen LogP contribution in [0.4, 0.5) is 0 Å². The average molecular weight is 431 g/mol. The summed E-state index contributed by atoms with van der Waals surface area (Å²) in [5.41, 5.74) is 3.88. The van der Waals surface area contributed by atoms with Crippen molar-refractivity contribution in [2.45, 2.75) is 24.3 Å². The number of carbonyl (C=O) groups is 3. The van der Waals surface area contributed by atoms with Crippen molar-refractivity contribution in [2.24, 2.45) is 5.73 Å². The summed E-state index contributed by atoms with van der Waals surface area (Å²) in [6.07, 6.45) is -1.13. The molecule has 0 spiro atoms. The van der Waals surface area contributed by atoms with Crippen LogP contribution >= 0.6 is 0 Å². The van der Waals surface area contributed by atoms with Crippen LogP contribution in [0, 0.1) is 6.42 Å². The number of benzene rings is 2. The number of Topliss-reactive ketones (excluding diaryl/α,β-unsaturated/α-hetero) is 1. The molecule has 0 aliphatic rings. The van der Waals surface area contributed by atoms with Gasteiger partial charge in [-0.1, -0.05) is 60.7 Å². The van der Waals surface area contributed by atoms with Gasteiger partial charge >= 0.3 is 0 Å². The molecule has 4 N–H and O–H groups in total. The highest BCUT2D eigenvalue weighted by molar-refractivity contribution is 7.90. The van der Waals surface area contributed by atoms with Crippen LogP contribution < -0.4 is 11.1 Å². The van der Waals surface area contributed by atoms with Gasteiger partial charge in [-0.05, 0) is 12.5 Å². The topological polar surface area (TPSA) is 144 Å². The first kappa shape index (κ1) is 23.2. The number of carbonyl (C=O) groups excluding carboxylic acids is 3. The van der Waals surface area contributed by atoms with E-state index in [-0.39, 0.29) is 11.3 Å². The number of ketones is 1. The minimum absolute atomic E-state index is 0.126. The molecule has 2 unspecified atom stereocenters.